The molecule has 11 nitrogen and oxygen atoms in total. The smallest absolute Gasteiger partial charge is 0.457 e. The summed E-state index contributed by atoms with van der Waals surface area (Å²) in [4.78, 5) is 58.5. The number of hydrogen-bond acceptors (Lipinski definition) is 7. The average molecular weight is 613 g/mol. The van der Waals surface area contributed by atoms with Gasteiger partial charge in [0.15, 0.2) is 0 Å². The first kappa shape index (κ1) is 30.4. The molecule has 1 saturated heterocycles. The summed E-state index contributed by atoms with van der Waals surface area (Å²) in [5.74, 6) is -8.51. The van der Waals surface area contributed by atoms with Gasteiger partial charge in [0, 0.05) is 32.5 Å². The Balaban J connectivity index is 1.37. The molecule has 2 saturated carbocycles. The molecule has 232 valence electrons. The van der Waals surface area contributed by atoms with Gasteiger partial charge < -0.3 is 25.2 Å². The van der Waals surface area contributed by atoms with Crippen molar-refractivity contribution in [1.82, 2.24) is 20.1 Å². The standard InChI is InChI=1S/C27H29F5N6O5/c1-37(21(39)18(36-24(42)27(30,31)32)7-15-9-26(28,29)10-15)19(8-14-4-5-14)22(40)38-13-25(11-16(38)12-33)23(41)35-17-3-2-6-34-20(17)43-25/h2-3,6,14-16,18-19H,4-5,7-11,13H2,1H3,(H,35,41)(H,36,42)/t16-,18-,19-,25+/m0/s1. The molecule has 0 aromatic carbocycles. The van der Waals surface area contributed by atoms with Gasteiger partial charge in [0.05, 0.1) is 12.6 Å². The third-order valence-corrected chi connectivity index (χ3v) is 8.44. The Hall–Kier alpha value is -4.03. The number of nitrogens with one attached hydrogen (secondary N) is 2. The number of carbonyl (C=O) groups excluding carboxylic acids is 4. The van der Waals surface area contributed by atoms with Crippen LogP contribution in [0.3, 0.4) is 0 Å². The molecule has 0 bridgehead atoms. The molecule has 3 heterocycles. The number of aromatic nitrogens is 1. The minimum Gasteiger partial charge on any atom is -0.457 e. The maximum absolute atomic E-state index is 14.0. The Morgan fingerprint density at radius 1 is 1.23 bits per heavy atom. The van der Waals surface area contributed by atoms with Crippen molar-refractivity contribution in [2.45, 2.75) is 80.8 Å². The topological polar surface area (TPSA) is 145 Å². The molecule has 0 unspecified atom stereocenters. The Morgan fingerprint density at radius 3 is 2.53 bits per heavy atom. The lowest BCUT2D eigenvalue weighted by molar-refractivity contribution is -0.176. The molecule has 1 aromatic rings. The predicted molar refractivity (Wildman–Crippen MR) is 136 cm³/mol. The van der Waals surface area contributed by atoms with Crippen molar-refractivity contribution in [2.75, 3.05) is 18.9 Å². The number of anilines is 1. The average Bonchev–Trinajstić information content (AvgIpc) is 3.67. The first-order chi connectivity index (χ1) is 20.1. The van der Waals surface area contributed by atoms with Crippen molar-refractivity contribution in [2.24, 2.45) is 11.8 Å². The molecular weight excluding hydrogens is 583 g/mol. The minimum absolute atomic E-state index is 0.0140. The van der Waals surface area contributed by atoms with E-state index in [1.807, 2.05) is 6.07 Å². The number of ether oxygens (including phenoxy) is 1. The molecule has 0 radical (unpaired) electrons. The lowest BCUT2D eigenvalue weighted by atomic mass is 9.77. The van der Waals surface area contributed by atoms with Crippen LogP contribution in [0.25, 0.3) is 0 Å². The number of nitriles is 1. The highest BCUT2D eigenvalue weighted by molar-refractivity contribution is 6.02. The van der Waals surface area contributed by atoms with Gasteiger partial charge in [0.1, 0.15) is 23.8 Å². The normalized spacial score (nSPS) is 25.8. The van der Waals surface area contributed by atoms with Gasteiger partial charge in [-0.25, -0.2) is 13.8 Å². The Labute approximate surface area is 242 Å². The third-order valence-electron chi connectivity index (χ3n) is 8.44. The van der Waals surface area contributed by atoms with E-state index in [4.69, 9.17) is 4.74 Å². The van der Waals surface area contributed by atoms with Crippen LogP contribution in [0.4, 0.5) is 27.6 Å². The third kappa shape index (κ3) is 6.21. The predicted octanol–water partition coefficient (Wildman–Crippen LogP) is 2.39. The summed E-state index contributed by atoms with van der Waals surface area (Å²) < 4.78 is 72.1. The van der Waals surface area contributed by atoms with Gasteiger partial charge in [-0.05, 0) is 36.8 Å². The van der Waals surface area contributed by atoms with Crippen LogP contribution < -0.4 is 15.4 Å². The summed E-state index contributed by atoms with van der Waals surface area (Å²) in [7, 11) is 1.19. The second-order valence-electron chi connectivity index (χ2n) is 11.8. The molecule has 2 aliphatic carbocycles. The molecule has 2 aliphatic heterocycles. The zero-order valence-electron chi connectivity index (χ0n) is 23.0. The monoisotopic (exact) mass is 612 g/mol. The van der Waals surface area contributed by atoms with Crippen LogP contribution >= 0.6 is 0 Å². The van der Waals surface area contributed by atoms with Crippen molar-refractivity contribution in [3.05, 3.63) is 18.3 Å². The molecule has 1 spiro atoms. The van der Waals surface area contributed by atoms with Gasteiger partial charge in [0.2, 0.25) is 29.2 Å². The second kappa shape index (κ2) is 10.9. The minimum atomic E-state index is -5.33. The fourth-order valence-electron chi connectivity index (χ4n) is 5.92. The Morgan fingerprint density at radius 2 is 1.93 bits per heavy atom. The lowest BCUT2D eigenvalue weighted by Gasteiger charge is -2.39. The maximum atomic E-state index is 14.0. The van der Waals surface area contributed by atoms with Crippen LogP contribution in [-0.2, 0) is 19.2 Å². The summed E-state index contributed by atoms with van der Waals surface area (Å²) in [6, 6.07) is 0.903. The number of hydrogen-bond donors (Lipinski definition) is 2. The summed E-state index contributed by atoms with van der Waals surface area (Å²) in [5, 5.41) is 14.2. The van der Waals surface area contributed by atoms with Gasteiger partial charge >= 0.3 is 12.1 Å². The molecule has 4 amide bonds. The number of alkyl halides is 5. The summed E-state index contributed by atoms with van der Waals surface area (Å²) in [6.45, 7) is -0.361. The molecule has 2 N–H and O–H groups in total. The van der Waals surface area contributed by atoms with E-state index in [1.54, 1.807) is 17.4 Å². The summed E-state index contributed by atoms with van der Waals surface area (Å²) in [6.07, 6.45) is -4.28. The largest absolute Gasteiger partial charge is 0.471 e. The molecule has 1 aromatic heterocycles. The van der Waals surface area contributed by atoms with E-state index in [0.29, 0.717) is 5.69 Å². The highest BCUT2D eigenvalue weighted by Crippen LogP contribution is 2.45. The van der Waals surface area contributed by atoms with E-state index in [0.717, 1.165) is 22.6 Å². The van der Waals surface area contributed by atoms with Crippen LogP contribution in [-0.4, -0.2) is 87.8 Å². The lowest BCUT2D eigenvalue weighted by Crippen LogP contribution is -2.58. The number of likely N-dealkylation sites (N-methyl/N-ethyl adjacent to an activating group) is 1. The molecule has 5 rings (SSSR count). The highest BCUT2D eigenvalue weighted by atomic mass is 19.4. The van der Waals surface area contributed by atoms with Crippen molar-refractivity contribution < 1.29 is 45.9 Å². The van der Waals surface area contributed by atoms with E-state index in [2.05, 4.69) is 10.3 Å². The van der Waals surface area contributed by atoms with Gasteiger partial charge in [-0.2, -0.15) is 18.4 Å². The zero-order valence-corrected chi connectivity index (χ0v) is 23.0. The van der Waals surface area contributed by atoms with E-state index in [1.165, 1.54) is 13.2 Å². The quantitative estimate of drug-likeness (QED) is 0.429. The first-order valence-electron chi connectivity index (χ1n) is 13.8. The van der Waals surface area contributed by atoms with Crippen LogP contribution in [0.2, 0.25) is 0 Å². The number of pyridine rings is 1. The van der Waals surface area contributed by atoms with E-state index in [9.17, 15) is 46.4 Å². The molecular formula is C27H29F5N6O5. The van der Waals surface area contributed by atoms with Crippen molar-refractivity contribution in [1.29, 1.82) is 5.26 Å². The number of nitrogens with zero attached hydrogens (tertiary/aromatic N) is 4. The fraction of sp³-hybridized carbons (Fsp3) is 0.630. The van der Waals surface area contributed by atoms with Crippen molar-refractivity contribution in [3.8, 4) is 11.9 Å². The van der Waals surface area contributed by atoms with Crippen LogP contribution in [0.5, 0.6) is 5.88 Å². The van der Waals surface area contributed by atoms with Crippen LogP contribution in [0.1, 0.15) is 44.9 Å². The van der Waals surface area contributed by atoms with E-state index < -0.39 is 84.6 Å². The molecule has 4 aliphatic rings. The number of likely N-dealkylation sites (tertiary alicyclic amines) is 1. The second-order valence-corrected chi connectivity index (χ2v) is 11.8. The van der Waals surface area contributed by atoms with Crippen molar-refractivity contribution in [3.63, 3.8) is 0 Å². The van der Waals surface area contributed by atoms with Crippen LogP contribution in [0.15, 0.2) is 18.3 Å². The highest BCUT2D eigenvalue weighted by Gasteiger charge is 2.57. The number of amides is 4. The first-order valence-corrected chi connectivity index (χ1v) is 13.8. The van der Waals surface area contributed by atoms with Crippen LogP contribution in [0, 0.1) is 23.2 Å². The van der Waals surface area contributed by atoms with Gasteiger partial charge in [0.25, 0.3) is 5.91 Å². The summed E-state index contributed by atoms with van der Waals surface area (Å²) >= 11 is 0. The van der Waals surface area contributed by atoms with Crippen molar-refractivity contribution >= 4 is 29.3 Å². The molecule has 16 heteroatoms. The number of fused-ring (bicyclic) bond motifs is 1. The van der Waals surface area contributed by atoms with Gasteiger partial charge in [-0.3, -0.25) is 19.2 Å². The van der Waals surface area contributed by atoms with E-state index >= 15 is 0 Å². The number of rotatable bonds is 8. The fourth-order valence-corrected chi connectivity index (χ4v) is 5.92. The molecule has 3 fully saturated rings. The van der Waals surface area contributed by atoms with Gasteiger partial charge in [-0.1, -0.05) is 12.8 Å². The number of halogens is 5. The Bertz CT molecular complexity index is 1360. The zero-order chi connectivity index (χ0) is 31.3. The summed E-state index contributed by atoms with van der Waals surface area (Å²) in [5.41, 5.74) is -1.34. The van der Waals surface area contributed by atoms with E-state index in [-0.39, 0.29) is 31.2 Å². The Kier molecular flexibility index (Phi) is 7.72. The maximum Gasteiger partial charge on any atom is 0.471 e. The molecule has 4 atom stereocenters. The molecule has 43 heavy (non-hydrogen) atoms. The SMILES string of the molecule is CN(C(=O)[C@H](CC1CC(F)(F)C1)NC(=O)C(F)(F)F)[C@@H](CC1CC1)C(=O)N1C[C@@]2(C[C@H]1C#N)Oc1ncccc1NC2=O. The van der Waals surface area contributed by atoms with Gasteiger partial charge in [-0.15, -0.1) is 0 Å². The number of carbonyl (C=O) groups is 4.